The van der Waals surface area contributed by atoms with E-state index in [1.54, 1.807) is 9.36 Å². The van der Waals surface area contributed by atoms with Crippen molar-refractivity contribution in [3.8, 4) is 11.6 Å². The van der Waals surface area contributed by atoms with Gasteiger partial charge < -0.3 is 19.2 Å². The number of pyridine rings is 2. The first-order chi connectivity index (χ1) is 25.0. The molecule has 0 N–H and O–H groups in total. The van der Waals surface area contributed by atoms with Gasteiger partial charge in [-0.2, -0.15) is 0 Å². The molecule has 8 rings (SSSR count). The molecule has 0 atom stereocenters. The second-order valence-electron chi connectivity index (χ2n) is 12.5. The average molecular weight is 769 g/mol. The van der Waals surface area contributed by atoms with Crippen LogP contribution in [0, 0.1) is 12.4 Å². The molecule has 0 aliphatic rings. The van der Waals surface area contributed by atoms with Crippen LogP contribution in [0.2, 0.25) is 0 Å². The predicted molar refractivity (Wildman–Crippen MR) is 202 cm³/mol. The van der Waals surface area contributed by atoms with Crippen LogP contribution in [0.4, 0.5) is 34.4 Å². The zero-order valence-electron chi connectivity index (χ0n) is 28.6. The van der Waals surface area contributed by atoms with Crippen molar-refractivity contribution in [2.75, 3.05) is 9.80 Å². The molecule has 4 aromatic carbocycles. The molecular formula is C43H34N8Pd. The Balaban J connectivity index is 0.00000420. The second-order valence-corrected chi connectivity index (χ2v) is 12.5. The number of para-hydroxylation sites is 4. The molecule has 0 radical (unpaired) electrons. The van der Waals surface area contributed by atoms with E-state index in [1.807, 2.05) is 121 Å². The minimum Gasteiger partial charge on any atom is -0.347 e. The molecule has 256 valence electrons. The zero-order chi connectivity index (χ0) is 34.6. The molecule has 8 aromatic rings. The van der Waals surface area contributed by atoms with Gasteiger partial charge in [-0.15, -0.1) is 12.1 Å². The van der Waals surface area contributed by atoms with E-state index in [-0.39, 0.29) is 20.4 Å². The van der Waals surface area contributed by atoms with Gasteiger partial charge in [-0.25, -0.2) is 10.2 Å². The number of hydrogen-bond acceptors (Lipinski definition) is 6. The van der Waals surface area contributed by atoms with Gasteiger partial charge in [0.05, 0.1) is 23.3 Å². The third kappa shape index (κ3) is 6.93. The molecule has 0 aliphatic carbocycles. The van der Waals surface area contributed by atoms with Gasteiger partial charge in [0.2, 0.25) is 0 Å². The van der Waals surface area contributed by atoms with Gasteiger partial charge in [0, 0.05) is 39.6 Å². The van der Waals surface area contributed by atoms with Gasteiger partial charge in [-0.3, -0.25) is 9.97 Å². The van der Waals surface area contributed by atoms with Gasteiger partial charge in [0.25, 0.3) is 0 Å². The number of nitrogens with zero attached hydrogens (tertiary/aromatic N) is 8. The van der Waals surface area contributed by atoms with Crippen LogP contribution in [0.1, 0.15) is 25.2 Å². The summed E-state index contributed by atoms with van der Waals surface area (Å²) in [5.41, 5.74) is 5.18. The molecule has 0 amide bonds. The van der Waals surface area contributed by atoms with Crippen molar-refractivity contribution in [1.29, 1.82) is 0 Å². The van der Waals surface area contributed by atoms with Gasteiger partial charge >= 0.3 is 20.4 Å². The zero-order valence-corrected chi connectivity index (χ0v) is 30.1. The Labute approximate surface area is 317 Å². The van der Waals surface area contributed by atoms with Crippen molar-refractivity contribution in [2.45, 2.75) is 19.3 Å². The normalized spacial score (nSPS) is 11.1. The van der Waals surface area contributed by atoms with E-state index in [1.165, 1.54) is 0 Å². The fourth-order valence-corrected chi connectivity index (χ4v) is 6.06. The minimum atomic E-state index is -0.543. The second kappa shape index (κ2) is 15.0. The largest absolute Gasteiger partial charge is 2.00 e. The van der Waals surface area contributed by atoms with Crippen LogP contribution < -0.4 is 9.80 Å². The van der Waals surface area contributed by atoms with E-state index in [4.69, 9.17) is 20.2 Å². The summed E-state index contributed by atoms with van der Waals surface area (Å²) >= 11 is 0. The van der Waals surface area contributed by atoms with Crippen LogP contribution in [-0.2, 0) is 25.8 Å². The third-order valence-corrected chi connectivity index (χ3v) is 8.74. The average Bonchev–Trinajstić information content (AvgIpc) is 3.88. The SMILES string of the molecule is CC(C)(c1cccc(-n2[c-]cc(N(c3ccccc3)c3ccccc3)n2)n1)c1cccc(-n2[c-]cc(N(c3ccccc3)c3ccccc3)n2)n1.[Pd+2]. The summed E-state index contributed by atoms with van der Waals surface area (Å²) in [4.78, 5) is 14.4. The standard InChI is InChI=1S/C43H34N8.Pd/c1-43(2,37-25-15-27-39(44-37)48-31-29-41(46-48)50(33-17-7-3-8-18-33)34-19-9-4-10-20-34)38-26-16-28-40(45-38)49-32-30-42(47-49)51(35-21-11-5-12-22-35)36-23-13-6-14-24-36;/h3-30H,1-2H3;/q-2;+2. The number of anilines is 6. The van der Waals surface area contributed by atoms with E-state index in [0.717, 1.165) is 45.8 Å². The van der Waals surface area contributed by atoms with E-state index in [9.17, 15) is 0 Å². The van der Waals surface area contributed by atoms with Crippen molar-refractivity contribution in [3.05, 3.63) is 194 Å². The Bertz CT molecular complexity index is 2110. The molecular weight excluding hydrogens is 735 g/mol. The van der Waals surface area contributed by atoms with Crippen LogP contribution in [0.3, 0.4) is 0 Å². The summed E-state index contributed by atoms with van der Waals surface area (Å²) < 4.78 is 3.40. The summed E-state index contributed by atoms with van der Waals surface area (Å²) in [6, 6.07) is 56.5. The van der Waals surface area contributed by atoms with Crippen LogP contribution in [-0.4, -0.2) is 29.5 Å². The third-order valence-electron chi connectivity index (χ3n) is 8.74. The number of aromatic nitrogens is 6. The van der Waals surface area contributed by atoms with Crippen molar-refractivity contribution in [2.24, 2.45) is 0 Å². The summed E-state index contributed by atoms with van der Waals surface area (Å²) in [6.07, 6.45) is 6.58. The molecule has 0 bridgehead atoms. The first-order valence-electron chi connectivity index (χ1n) is 16.8. The minimum absolute atomic E-state index is 0. The molecule has 9 heteroatoms. The van der Waals surface area contributed by atoms with E-state index in [2.05, 4.69) is 84.6 Å². The summed E-state index contributed by atoms with van der Waals surface area (Å²) in [7, 11) is 0. The van der Waals surface area contributed by atoms with E-state index >= 15 is 0 Å². The molecule has 0 spiro atoms. The smallest absolute Gasteiger partial charge is 0.347 e. The Kier molecular flexibility index (Phi) is 9.90. The molecule has 0 unspecified atom stereocenters. The van der Waals surface area contributed by atoms with Crippen molar-refractivity contribution in [3.63, 3.8) is 0 Å². The topological polar surface area (TPSA) is 67.9 Å². The molecule has 0 saturated heterocycles. The maximum Gasteiger partial charge on any atom is 2.00 e. The Hall–Kier alpha value is -6.14. The quantitative estimate of drug-likeness (QED) is 0.102. The fraction of sp³-hybridized carbons (Fsp3) is 0.0698. The molecule has 0 fully saturated rings. The predicted octanol–water partition coefficient (Wildman–Crippen LogP) is 9.71. The number of benzene rings is 4. The van der Waals surface area contributed by atoms with Gasteiger partial charge in [0.1, 0.15) is 0 Å². The Morgan fingerprint density at radius 1 is 0.442 bits per heavy atom. The van der Waals surface area contributed by atoms with E-state index in [0.29, 0.717) is 11.6 Å². The van der Waals surface area contributed by atoms with Gasteiger partial charge in [-0.1, -0.05) is 109 Å². The molecule has 0 aliphatic heterocycles. The Morgan fingerprint density at radius 2 is 0.769 bits per heavy atom. The molecule has 52 heavy (non-hydrogen) atoms. The molecule has 4 heterocycles. The summed E-state index contributed by atoms with van der Waals surface area (Å²) in [6.45, 7) is 4.25. The van der Waals surface area contributed by atoms with Crippen molar-refractivity contribution < 1.29 is 20.4 Å². The maximum atomic E-state index is 5.08. The van der Waals surface area contributed by atoms with Crippen LogP contribution in [0.15, 0.2) is 170 Å². The molecule has 4 aromatic heterocycles. The van der Waals surface area contributed by atoms with Crippen LogP contribution in [0.5, 0.6) is 0 Å². The first kappa shape index (κ1) is 34.3. The molecule has 8 nitrogen and oxygen atoms in total. The number of hydrogen-bond donors (Lipinski definition) is 0. The van der Waals surface area contributed by atoms with Crippen LogP contribution >= 0.6 is 0 Å². The van der Waals surface area contributed by atoms with E-state index < -0.39 is 5.41 Å². The summed E-state index contributed by atoms with van der Waals surface area (Å²) in [5.74, 6) is 2.80. The first-order valence-corrected chi connectivity index (χ1v) is 16.8. The van der Waals surface area contributed by atoms with Crippen LogP contribution in [0.25, 0.3) is 11.6 Å². The van der Waals surface area contributed by atoms with Crippen molar-refractivity contribution >= 4 is 34.4 Å². The fourth-order valence-electron chi connectivity index (χ4n) is 6.06. The molecule has 0 saturated carbocycles. The summed E-state index contributed by atoms with van der Waals surface area (Å²) in [5, 5.41) is 9.87. The maximum absolute atomic E-state index is 5.08. The van der Waals surface area contributed by atoms with Crippen molar-refractivity contribution in [1.82, 2.24) is 29.5 Å². The Morgan fingerprint density at radius 3 is 1.10 bits per heavy atom. The van der Waals surface area contributed by atoms with Gasteiger partial charge in [-0.05, 0) is 74.5 Å². The monoisotopic (exact) mass is 768 g/mol. The number of rotatable bonds is 10. The van der Waals surface area contributed by atoms with Gasteiger partial charge in [0.15, 0.2) is 0 Å².